The lowest BCUT2D eigenvalue weighted by atomic mass is 10.0. The molecule has 0 aliphatic carbocycles. The summed E-state index contributed by atoms with van der Waals surface area (Å²) >= 11 is 6.24. The average Bonchev–Trinajstić information content (AvgIpc) is 2.74. The van der Waals surface area contributed by atoms with E-state index in [1.54, 1.807) is 7.11 Å². The smallest absolute Gasteiger partial charge is 0.407 e. The molecule has 3 aromatic rings. The van der Waals surface area contributed by atoms with E-state index in [9.17, 15) is 4.79 Å². The summed E-state index contributed by atoms with van der Waals surface area (Å²) in [6.45, 7) is 1.02. The van der Waals surface area contributed by atoms with Gasteiger partial charge in [0.2, 0.25) is 0 Å². The van der Waals surface area contributed by atoms with Crippen molar-refractivity contribution < 1.29 is 19.4 Å². The van der Waals surface area contributed by atoms with E-state index in [2.05, 4.69) is 4.98 Å². The lowest BCUT2D eigenvalue weighted by Gasteiger charge is -2.30. The van der Waals surface area contributed by atoms with Gasteiger partial charge in [-0.1, -0.05) is 23.7 Å². The van der Waals surface area contributed by atoms with E-state index in [4.69, 9.17) is 26.2 Å². The van der Waals surface area contributed by atoms with Crippen LogP contribution < -0.4 is 9.47 Å². The van der Waals surface area contributed by atoms with E-state index in [-0.39, 0.29) is 6.10 Å². The van der Waals surface area contributed by atoms with Gasteiger partial charge in [0, 0.05) is 49.1 Å². The molecule has 1 N–H and O–H groups in total. The normalized spacial score (nSPS) is 14.8. The molecule has 1 aliphatic heterocycles. The average molecular weight is 413 g/mol. The molecule has 1 aliphatic rings. The van der Waals surface area contributed by atoms with Gasteiger partial charge in [0.25, 0.3) is 0 Å². The Labute approximate surface area is 173 Å². The fourth-order valence-electron chi connectivity index (χ4n) is 3.53. The first kappa shape index (κ1) is 19.3. The zero-order chi connectivity index (χ0) is 20.4. The Morgan fingerprint density at radius 1 is 1.14 bits per heavy atom. The van der Waals surface area contributed by atoms with E-state index < -0.39 is 6.09 Å². The fourth-order valence-corrected chi connectivity index (χ4v) is 3.78. The highest BCUT2D eigenvalue weighted by Crippen LogP contribution is 2.31. The summed E-state index contributed by atoms with van der Waals surface area (Å²) in [5.41, 5.74) is 2.84. The second-order valence-corrected chi connectivity index (χ2v) is 7.42. The van der Waals surface area contributed by atoms with Crippen molar-refractivity contribution in [2.75, 3.05) is 20.2 Å². The first-order chi connectivity index (χ1) is 14.0. The van der Waals surface area contributed by atoms with Crippen molar-refractivity contribution in [2.24, 2.45) is 0 Å². The summed E-state index contributed by atoms with van der Waals surface area (Å²) in [6.07, 6.45) is 2.40. The molecule has 29 heavy (non-hydrogen) atoms. The Morgan fingerprint density at radius 3 is 2.52 bits per heavy atom. The van der Waals surface area contributed by atoms with E-state index >= 15 is 0 Å². The lowest BCUT2D eigenvalue weighted by molar-refractivity contribution is 0.0895. The van der Waals surface area contributed by atoms with Crippen LogP contribution in [0.2, 0.25) is 5.02 Å². The number of halogens is 1. The summed E-state index contributed by atoms with van der Waals surface area (Å²) in [7, 11) is 1.58. The van der Waals surface area contributed by atoms with E-state index in [1.165, 1.54) is 4.90 Å². The number of carboxylic acid groups (broad SMARTS) is 1. The van der Waals surface area contributed by atoms with E-state index in [1.807, 2.05) is 48.7 Å². The first-order valence-corrected chi connectivity index (χ1v) is 9.79. The highest BCUT2D eigenvalue weighted by atomic mass is 35.5. The number of benzene rings is 2. The topological polar surface area (TPSA) is 71.9 Å². The number of pyridine rings is 1. The Kier molecular flexibility index (Phi) is 5.45. The standard InChI is InChI=1S/C22H21ClN2O4/c1-28-21-12-20-15(11-19(21)23)10-16(13-24-20)14-2-4-17(5-3-14)29-18-6-8-25(9-7-18)22(26)27/h2-5,10-13,18H,6-9H2,1H3,(H,26,27). The number of fused-ring (bicyclic) bond motifs is 1. The summed E-state index contributed by atoms with van der Waals surface area (Å²) in [6, 6.07) is 13.6. The van der Waals surface area contributed by atoms with Crippen molar-refractivity contribution in [3.05, 3.63) is 53.7 Å². The van der Waals surface area contributed by atoms with Gasteiger partial charge in [0.1, 0.15) is 17.6 Å². The number of carbonyl (C=O) groups is 1. The molecule has 1 amide bonds. The molecule has 0 unspecified atom stereocenters. The van der Waals surface area contributed by atoms with Crippen LogP contribution in [0.15, 0.2) is 48.7 Å². The Hall–Kier alpha value is -2.99. The van der Waals surface area contributed by atoms with Crippen molar-refractivity contribution in [1.82, 2.24) is 9.88 Å². The van der Waals surface area contributed by atoms with Gasteiger partial charge in [0.05, 0.1) is 17.6 Å². The molecule has 1 fully saturated rings. The first-order valence-electron chi connectivity index (χ1n) is 9.42. The highest BCUT2D eigenvalue weighted by molar-refractivity contribution is 6.32. The summed E-state index contributed by atoms with van der Waals surface area (Å²) in [5, 5.41) is 10.5. The number of likely N-dealkylation sites (tertiary alicyclic amines) is 1. The minimum atomic E-state index is -0.864. The lowest BCUT2D eigenvalue weighted by Crippen LogP contribution is -2.41. The summed E-state index contributed by atoms with van der Waals surface area (Å²) < 4.78 is 11.3. The van der Waals surface area contributed by atoms with Gasteiger partial charge in [0.15, 0.2) is 0 Å². The minimum absolute atomic E-state index is 0.0379. The predicted octanol–water partition coefficient (Wildman–Crippen LogP) is 5.09. The maximum Gasteiger partial charge on any atom is 0.407 e. The van der Waals surface area contributed by atoms with Gasteiger partial charge in [-0.2, -0.15) is 0 Å². The molecule has 7 heteroatoms. The Morgan fingerprint density at radius 2 is 1.86 bits per heavy atom. The molecule has 4 rings (SSSR count). The zero-order valence-electron chi connectivity index (χ0n) is 16.0. The van der Waals surface area contributed by atoms with Gasteiger partial charge in [-0.15, -0.1) is 0 Å². The highest BCUT2D eigenvalue weighted by Gasteiger charge is 2.23. The third-order valence-electron chi connectivity index (χ3n) is 5.16. The van der Waals surface area contributed by atoms with Gasteiger partial charge in [-0.05, 0) is 29.8 Å². The maximum atomic E-state index is 11.0. The van der Waals surface area contributed by atoms with Gasteiger partial charge >= 0.3 is 6.09 Å². The number of piperidine rings is 1. The van der Waals surface area contributed by atoms with Crippen LogP contribution in [0.3, 0.4) is 0 Å². The largest absolute Gasteiger partial charge is 0.495 e. The molecule has 0 saturated carbocycles. The van der Waals surface area contributed by atoms with E-state index in [0.29, 0.717) is 36.7 Å². The number of hydrogen-bond acceptors (Lipinski definition) is 4. The van der Waals surface area contributed by atoms with Crippen molar-refractivity contribution in [2.45, 2.75) is 18.9 Å². The third kappa shape index (κ3) is 4.22. The monoisotopic (exact) mass is 412 g/mol. The van der Waals surface area contributed by atoms with E-state index in [0.717, 1.165) is 27.8 Å². The Balaban J connectivity index is 1.47. The van der Waals surface area contributed by atoms with Gasteiger partial charge in [-0.3, -0.25) is 4.98 Å². The quantitative estimate of drug-likeness (QED) is 0.646. The molecule has 2 aromatic carbocycles. The number of ether oxygens (including phenoxy) is 2. The fraction of sp³-hybridized carbons (Fsp3) is 0.273. The molecule has 0 atom stereocenters. The summed E-state index contributed by atoms with van der Waals surface area (Å²) in [5.74, 6) is 1.39. The van der Waals surface area contributed by atoms with Crippen LogP contribution in [0.5, 0.6) is 11.5 Å². The number of hydrogen-bond donors (Lipinski definition) is 1. The van der Waals surface area contributed by atoms with Crippen LogP contribution >= 0.6 is 11.6 Å². The van der Waals surface area contributed by atoms with Crippen molar-refractivity contribution >= 4 is 28.6 Å². The molecule has 0 radical (unpaired) electrons. The molecule has 6 nitrogen and oxygen atoms in total. The number of methoxy groups -OCH3 is 1. The molecular weight excluding hydrogens is 392 g/mol. The van der Waals surface area contributed by atoms with Gasteiger partial charge < -0.3 is 19.5 Å². The molecule has 1 aromatic heterocycles. The molecule has 0 bridgehead atoms. The number of aromatic nitrogens is 1. The second-order valence-electron chi connectivity index (χ2n) is 7.01. The van der Waals surface area contributed by atoms with Crippen molar-refractivity contribution in [3.63, 3.8) is 0 Å². The Bertz CT molecular complexity index is 1030. The van der Waals surface area contributed by atoms with Crippen molar-refractivity contribution in [3.8, 4) is 22.6 Å². The van der Waals surface area contributed by atoms with Crippen LogP contribution in [0, 0.1) is 0 Å². The minimum Gasteiger partial charge on any atom is -0.495 e. The maximum absolute atomic E-state index is 11.0. The zero-order valence-corrected chi connectivity index (χ0v) is 16.7. The van der Waals surface area contributed by atoms with Gasteiger partial charge in [-0.25, -0.2) is 4.79 Å². The molecule has 1 saturated heterocycles. The number of nitrogens with zero attached hydrogens (tertiary/aromatic N) is 2. The van der Waals surface area contributed by atoms with Crippen LogP contribution in [-0.4, -0.2) is 47.4 Å². The number of amides is 1. The van der Waals surface area contributed by atoms with Crippen LogP contribution in [0.1, 0.15) is 12.8 Å². The number of rotatable bonds is 4. The van der Waals surface area contributed by atoms with Crippen LogP contribution in [-0.2, 0) is 0 Å². The molecule has 150 valence electrons. The third-order valence-corrected chi connectivity index (χ3v) is 5.45. The SMILES string of the molecule is COc1cc2ncc(-c3ccc(OC4CCN(C(=O)O)CC4)cc3)cc2cc1Cl. The molecular formula is C22H21ClN2O4. The van der Waals surface area contributed by atoms with Crippen molar-refractivity contribution in [1.29, 1.82) is 0 Å². The van der Waals surface area contributed by atoms with Crippen LogP contribution in [0.25, 0.3) is 22.0 Å². The van der Waals surface area contributed by atoms with Crippen LogP contribution in [0.4, 0.5) is 4.79 Å². The molecule has 0 spiro atoms. The summed E-state index contributed by atoms with van der Waals surface area (Å²) in [4.78, 5) is 16.9. The second kappa shape index (κ2) is 8.17. The predicted molar refractivity (Wildman–Crippen MR) is 112 cm³/mol. The molecule has 2 heterocycles.